The highest BCUT2D eigenvalue weighted by atomic mass is 35.5. The van der Waals surface area contributed by atoms with Crippen LogP contribution in [0.15, 0.2) is 18.2 Å². The van der Waals surface area contributed by atoms with Gasteiger partial charge in [0.15, 0.2) is 5.69 Å². The SMILES string of the molecule is Cc1c(C(=O)NCCCCC(=O)O)nnn1-c1ccc(F)c(Cl)c1. The summed E-state index contributed by atoms with van der Waals surface area (Å²) in [5.74, 6) is -1.81. The Morgan fingerprint density at radius 3 is 2.79 bits per heavy atom. The standard InChI is InChI=1S/C15H16ClFN4O3/c1-9-14(15(24)18-7-3-2-4-13(22)23)19-20-21(9)10-5-6-12(17)11(16)8-10/h5-6,8H,2-4,7H2,1H3,(H,18,24)(H,22,23). The van der Waals surface area contributed by atoms with Crippen LogP contribution in [0.5, 0.6) is 0 Å². The topological polar surface area (TPSA) is 97.1 Å². The lowest BCUT2D eigenvalue weighted by molar-refractivity contribution is -0.137. The van der Waals surface area contributed by atoms with Crippen molar-refractivity contribution in [1.29, 1.82) is 0 Å². The molecule has 0 aliphatic carbocycles. The highest BCUT2D eigenvalue weighted by Gasteiger charge is 2.17. The van der Waals surface area contributed by atoms with E-state index < -0.39 is 17.7 Å². The van der Waals surface area contributed by atoms with Gasteiger partial charge in [-0.1, -0.05) is 16.8 Å². The molecule has 0 saturated heterocycles. The first-order valence-corrected chi connectivity index (χ1v) is 7.65. The van der Waals surface area contributed by atoms with Gasteiger partial charge in [-0.15, -0.1) is 5.10 Å². The Kier molecular flexibility index (Phi) is 5.86. The molecular formula is C15H16ClFN4O3. The molecule has 2 N–H and O–H groups in total. The van der Waals surface area contributed by atoms with E-state index in [1.54, 1.807) is 6.92 Å². The first-order valence-electron chi connectivity index (χ1n) is 7.28. The van der Waals surface area contributed by atoms with Crippen LogP contribution in [0, 0.1) is 12.7 Å². The van der Waals surface area contributed by atoms with Gasteiger partial charge >= 0.3 is 5.97 Å². The molecule has 128 valence electrons. The summed E-state index contributed by atoms with van der Waals surface area (Å²) in [6.07, 6.45) is 1.10. The molecule has 0 atom stereocenters. The Morgan fingerprint density at radius 2 is 2.12 bits per heavy atom. The molecule has 1 aromatic carbocycles. The Balaban J connectivity index is 2.02. The number of amides is 1. The number of benzene rings is 1. The summed E-state index contributed by atoms with van der Waals surface area (Å²) >= 11 is 5.75. The summed E-state index contributed by atoms with van der Waals surface area (Å²) in [6.45, 7) is 2.01. The predicted molar refractivity (Wildman–Crippen MR) is 84.9 cm³/mol. The maximum Gasteiger partial charge on any atom is 0.303 e. The summed E-state index contributed by atoms with van der Waals surface area (Å²) in [6, 6.07) is 4.09. The molecule has 0 saturated carbocycles. The average molecular weight is 355 g/mol. The van der Waals surface area contributed by atoms with E-state index in [2.05, 4.69) is 15.6 Å². The van der Waals surface area contributed by atoms with Crippen LogP contribution in [0.25, 0.3) is 5.69 Å². The van der Waals surface area contributed by atoms with Crippen LogP contribution in [0.3, 0.4) is 0 Å². The van der Waals surface area contributed by atoms with Gasteiger partial charge in [0.1, 0.15) is 5.82 Å². The molecule has 0 bridgehead atoms. The van der Waals surface area contributed by atoms with Gasteiger partial charge in [-0.2, -0.15) is 0 Å². The van der Waals surface area contributed by atoms with Gasteiger partial charge < -0.3 is 10.4 Å². The molecule has 2 rings (SSSR count). The van der Waals surface area contributed by atoms with E-state index >= 15 is 0 Å². The normalized spacial score (nSPS) is 10.6. The van der Waals surface area contributed by atoms with Crippen LogP contribution in [0.1, 0.15) is 35.4 Å². The Hall–Kier alpha value is -2.48. The van der Waals surface area contributed by atoms with Crippen LogP contribution >= 0.6 is 11.6 Å². The summed E-state index contributed by atoms with van der Waals surface area (Å²) in [7, 11) is 0. The highest BCUT2D eigenvalue weighted by Crippen LogP contribution is 2.20. The minimum atomic E-state index is -0.863. The number of carboxylic acids is 1. The molecule has 1 amide bonds. The molecule has 0 fully saturated rings. The monoisotopic (exact) mass is 354 g/mol. The number of carboxylic acid groups (broad SMARTS) is 1. The van der Waals surface area contributed by atoms with Crippen molar-refractivity contribution in [3.8, 4) is 5.69 Å². The van der Waals surface area contributed by atoms with Crippen LogP contribution in [-0.4, -0.2) is 38.5 Å². The first-order chi connectivity index (χ1) is 11.4. The molecule has 0 radical (unpaired) electrons. The van der Waals surface area contributed by atoms with Crippen molar-refractivity contribution in [1.82, 2.24) is 20.3 Å². The minimum Gasteiger partial charge on any atom is -0.481 e. The Labute approximate surface area is 142 Å². The molecule has 9 heteroatoms. The molecule has 0 aliphatic heterocycles. The number of rotatable bonds is 7. The van der Waals surface area contributed by atoms with Crippen LogP contribution in [0.4, 0.5) is 4.39 Å². The van der Waals surface area contributed by atoms with Crippen molar-refractivity contribution in [2.24, 2.45) is 0 Å². The van der Waals surface area contributed by atoms with Crippen molar-refractivity contribution in [2.75, 3.05) is 6.54 Å². The second-order valence-corrected chi connectivity index (χ2v) is 5.55. The zero-order valence-electron chi connectivity index (χ0n) is 12.9. The van der Waals surface area contributed by atoms with Crippen molar-refractivity contribution in [3.05, 3.63) is 40.4 Å². The number of carbonyl (C=O) groups excluding carboxylic acids is 1. The smallest absolute Gasteiger partial charge is 0.303 e. The Bertz CT molecular complexity index is 763. The number of hydrogen-bond donors (Lipinski definition) is 2. The number of aromatic nitrogens is 3. The van der Waals surface area contributed by atoms with Crippen molar-refractivity contribution >= 4 is 23.5 Å². The van der Waals surface area contributed by atoms with Gasteiger partial charge in [-0.05, 0) is 38.0 Å². The highest BCUT2D eigenvalue weighted by molar-refractivity contribution is 6.30. The molecule has 24 heavy (non-hydrogen) atoms. The van der Waals surface area contributed by atoms with Gasteiger partial charge in [0.25, 0.3) is 5.91 Å². The number of nitrogens with one attached hydrogen (secondary N) is 1. The van der Waals surface area contributed by atoms with Crippen molar-refractivity contribution < 1.29 is 19.1 Å². The summed E-state index contributed by atoms with van der Waals surface area (Å²) in [4.78, 5) is 22.5. The summed E-state index contributed by atoms with van der Waals surface area (Å²) in [5.41, 5.74) is 1.13. The number of nitrogens with zero attached hydrogens (tertiary/aromatic N) is 3. The minimum absolute atomic E-state index is 0.0492. The second kappa shape index (κ2) is 7.87. The second-order valence-electron chi connectivity index (χ2n) is 5.14. The Morgan fingerprint density at radius 1 is 1.38 bits per heavy atom. The zero-order chi connectivity index (χ0) is 17.7. The molecule has 1 aromatic heterocycles. The van der Waals surface area contributed by atoms with Gasteiger partial charge in [0, 0.05) is 13.0 Å². The van der Waals surface area contributed by atoms with E-state index in [4.69, 9.17) is 16.7 Å². The molecule has 0 unspecified atom stereocenters. The fraction of sp³-hybridized carbons (Fsp3) is 0.333. The van der Waals surface area contributed by atoms with E-state index in [1.165, 1.54) is 22.9 Å². The van der Waals surface area contributed by atoms with Crippen LogP contribution in [0.2, 0.25) is 5.02 Å². The maximum absolute atomic E-state index is 13.2. The fourth-order valence-electron chi connectivity index (χ4n) is 2.09. The van der Waals surface area contributed by atoms with Gasteiger partial charge in [-0.25, -0.2) is 9.07 Å². The first kappa shape index (κ1) is 17.9. The molecule has 0 aliphatic rings. The fourth-order valence-corrected chi connectivity index (χ4v) is 2.26. The molecular weight excluding hydrogens is 339 g/mol. The summed E-state index contributed by atoms with van der Waals surface area (Å²) < 4.78 is 14.6. The van der Waals surface area contributed by atoms with Crippen LogP contribution < -0.4 is 5.32 Å². The van der Waals surface area contributed by atoms with Gasteiger partial charge in [0.2, 0.25) is 0 Å². The summed E-state index contributed by atoms with van der Waals surface area (Å²) in [5, 5.41) is 18.9. The third kappa shape index (κ3) is 4.29. The largest absolute Gasteiger partial charge is 0.481 e. The maximum atomic E-state index is 13.2. The number of unbranched alkanes of at least 4 members (excludes halogenated alkanes) is 1. The molecule has 7 nitrogen and oxygen atoms in total. The molecule has 0 spiro atoms. The van der Waals surface area contributed by atoms with Crippen molar-refractivity contribution in [3.63, 3.8) is 0 Å². The van der Waals surface area contributed by atoms with E-state index in [0.29, 0.717) is 30.8 Å². The van der Waals surface area contributed by atoms with Crippen molar-refractivity contribution in [2.45, 2.75) is 26.2 Å². The lowest BCUT2D eigenvalue weighted by Crippen LogP contribution is -2.25. The molecule has 2 aromatic rings. The van der Waals surface area contributed by atoms with E-state index in [9.17, 15) is 14.0 Å². The predicted octanol–water partition coefficient (Wildman–Crippen LogP) is 2.35. The number of carbonyl (C=O) groups is 2. The van der Waals surface area contributed by atoms with E-state index in [-0.39, 0.29) is 17.1 Å². The third-order valence-electron chi connectivity index (χ3n) is 3.36. The van der Waals surface area contributed by atoms with E-state index in [1.807, 2.05) is 0 Å². The zero-order valence-corrected chi connectivity index (χ0v) is 13.7. The lowest BCUT2D eigenvalue weighted by atomic mass is 10.2. The van der Waals surface area contributed by atoms with Gasteiger partial charge in [0.05, 0.1) is 16.4 Å². The quantitative estimate of drug-likeness (QED) is 0.744. The number of halogens is 2. The van der Waals surface area contributed by atoms with Crippen LogP contribution in [-0.2, 0) is 4.79 Å². The number of aliphatic carboxylic acids is 1. The molecule has 1 heterocycles. The lowest BCUT2D eigenvalue weighted by Gasteiger charge is -2.05. The average Bonchev–Trinajstić information content (AvgIpc) is 2.91. The van der Waals surface area contributed by atoms with E-state index in [0.717, 1.165) is 0 Å². The van der Waals surface area contributed by atoms with Gasteiger partial charge in [-0.3, -0.25) is 9.59 Å². The number of hydrogen-bond acceptors (Lipinski definition) is 4. The third-order valence-corrected chi connectivity index (χ3v) is 3.65.